The average molecular weight is 310 g/mol. The van der Waals surface area contributed by atoms with E-state index in [1.165, 1.54) is 32.4 Å². The van der Waals surface area contributed by atoms with Gasteiger partial charge < -0.3 is 19.9 Å². The molecule has 0 aromatic rings. The number of ether oxygens (including phenoxy) is 1. The first kappa shape index (κ1) is 17.5. The van der Waals surface area contributed by atoms with Crippen LogP contribution in [0.1, 0.15) is 33.1 Å². The van der Waals surface area contributed by atoms with Crippen LogP contribution in [0, 0.1) is 11.8 Å². The molecule has 2 heterocycles. The molecular formula is C17H34N4O. The number of nitrogens with zero attached hydrogens (tertiary/aromatic N) is 3. The van der Waals surface area contributed by atoms with Crippen molar-refractivity contribution >= 4 is 5.96 Å². The molecule has 1 N–H and O–H groups in total. The van der Waals surface area contributed by atoms with Gasteiger partial charge in [0.2, 0.25) is 0 Å². The monoisotopic (exact) mass is 310 g/mol. The molecule has 0 aromatic heterocycles. The van der Waals surface area contributed by atoms with Crippen molar-refractivity contribution in [1.29, 1.82) is 0 Å². The molecule has 2 unspecified atom stereocenters. The molecule has 0 aliphatic carbocycles. The third-order valence-corrected chi connectivity index (χ3v) is 4.70. The highest BCUT2D eigenvalue weighted by Crippen LogP contribution is 2.18. The number of aliphatic imine (C=N–C) groups is 1. The molecule has 2 atom stereocenters. The van der Waals surface area contributed by atoms with Crippen LogP contribution < -0.4 is 5.32 Å². The van der Waals surface area contributed by atoms with Crippen LogP contribution in [0.3, 0.4) is 0 Å². The van der Waals surface area contributed by atoms with Gasteiger partial charge in [-0.2, -0.15) is 0 Å². The molecule has 0 aromatic carbocycles. The number of rotatable bonds is 6. The van der Waals surface area contributed by atoms with Gasteiger partial charge in [0.05, 0.1) is 6.61 Å². The standard InChI is InChI=1S/C17H34N4O/c1-4-18-17(19-11-15-7-6-9-20(3)12-15)21-10-8-16(13-21)14-22-5-2/h15-16H,4-14H2,1-3H3,(H,18,19). The lowest BCUT2D eigenvalue weighted by Crippen LogP contribution is -2.41. The maximum Gasteiger partial charge on any atom is 0.193 e. The smallest absolute Gasteiger partial charge is 0.193 e. The summed E-state index contributed by atoms with van der Waals surface area (Å²) < 4.78 is 5.58. The molecule has 0 bridgehead atoms. The summed E-state index contributed by atoms with van der Waals surface area (Å²) in [6, 6.07) is 0. The first-order valence-electron chi connectivity index (χ1n) is 9.02. The predicted octanol–water partition coefficient (Wildman–Crippen LogP) is 1.65. The summed E-state index contributed by atoms with van der Waals surface area (Å²) in [7, 11) is 2.22. The van der Waals surface area contributed by atoms with Crippen molar-refractivity contribution in [3.05, 3.63) is 0 Å². The van der Waals surface area contributed by atoms with Gasteiger partial charge in [0, 0.05) is 45.2 Å². The third kappa shape index (κ3) is 5.43. The lowest BCUT2D eigenvalue weighted by Gasteiger charge is -2.29. The molecule has 2 aliphatic heterocycles. The van der Waals surface area contributed by atoms with Crippen LogP contribution in [0.4, 0.5) is 0 Å². The summed E-state index contributed by atoms with van der Waals surface area (Å²) in [5, 5.41) is 3.47. The van der Waals surface area contributed by atoms with Gasteiger partial charge in [-0.3, -0.25) is 4.99 Å². The highest BCUT2D eigenvalue weighted by Gasteiger charge is 2.25. The Balaban J connectivity index is 1.84. The minimum absolute atomic E-state index is 0.657. The third-order valence-electron chi connectivity index (χ3n) is 4.70. The van der Waals surface area contributed by atoms with Gasteiger partial charge in [-0.15, -0.1) is 0 Å². The van der Waals surface area contributed by atoms with Crippen LogP contribution in [0.5, 0.6) is 0 Å². The molecule has 5 heteroatoms. The quantitative estimate of drug-likeness (QED) is 0.598. The van der Waals surface area contributed by atoms with Crippen molar-refractivity contribution in [2.45, 2.75) is 33.1 Å². The topological polar surface area (TPSA) is 40.1 Å². The number of hydrogen-bond acceptors (Lipinski definition) is 3. The molecule has 0 saturated carbocycles. The van der Waals surface area contributed by atoms with E-state index in [0.717, 1.165) is 45.4 Å². The summed E-state index contributed by atoms with van der Waals surface area (Å²) in [4.78, 5) is 9.78. The molecule has 2 fully saturated rings. The van der Waals surface area contributed by atoms with Gasteiger partial charge in [0.25, 0.3) is 0 Å². The van der Waals surface area contributed by atoms with E-state index in [9.17, 15) is 0 Å². The van der Waals surface area contributed by atoms with Crippen molar-refractivity contribution < 1.29 is 4.74 Å². The van der Waals surface area contributed by atoms with Gasteiger partial charge in [0.1, 0.15) is 0 Å². The molecule has 2 rings (SSSR count). The fourth-order valence-electron chi connectivity index (χ4n) is 3.51. The van der Waals surface area contributed by atoms with Crippen LogP contribution >= 0.6 is 0 Å². The Hall–Kier alpha value is -0.810. The number of guanidine groups is 1. The highest BCUT2D eigenvalue weighted by atomic mass is 16.5. The van der Waals surface area contributed by atoms with Crippen LogP contribution in [0.25, 0.3) is 0 Å². The number of likely N-dealkylation sites (tertiary alicyclic amines) is 2. The number of hydrogen-bond donors (Lipinski definition) is 1. The van der Waals surface area contributed by atoms with E-state index in [-0.39, 0.29) is 0 Å². The first-order valence-corrected chi connectivity index (χ1v) is 9.02. The molecule has 0 amide bonds. The average Bonchev–Trinajstić information content (AvgIpc) is 2.98. The zero-order valence-electron chi connectivity index (χ0n) is 14.7. The maximum absolute atomic E-state index is 5.58. The van der Waals surface area contributed by atoms with Crippen LogP contribution in [-0.2, 0) is 4.74 Å². The molecular weight excluding hydrogens is 276 g/mol. The maximum atomic E-state index is 5.58. The normalized spacial score (nSPS) is 27.4. The Labute approximate surface area is 136 Å². The second-order valence-corrected chi connectivity index (χ2v) is 6.73. The molecule has 2 saturated heterocycles. The lowest BCUT2D eigenvalue weighted by atomic mass is 9.99. The summed E-state index contributed by atoms with van der Waals surface area (Å²) in [6.45, 7) is 12.4. The second kappa shape index (κ2) is 9.36. The molecule has 2 aliphatic rings. The van der Waals surface area contributed by atoms with E-state index >= 15 is 0 Å². The summed E-state index contributed by atoms with van der Waals surface area (Å²) in [5.41, 5.74) is 0. The van der Waals surface area contributed by atoms with Crippen LogP contribution in [-0.4, -0.2) is 75.3 Å². The minimum atomic E-state index is 0.657. The van der Waals surface area contributed by atoms with Crippen molar-refractivity contribution in [3.63, 3.8) is 0 Å². The number of nitrogens with one attached hydrogen (secondary N) is 1. The lowest BCUT2D eigenvalue weighted by molar-refractivity contribution is 0.114. The van der Waals surface area contributed by atoms with Crippen molar-refractivity contribution in [2.75, 3.05) is 59.5 Å². The summed E-state index contributed by atoms with van der Waals surface area (Å²) in [5.74, 6) is 2.48. The zero-order valence-corrected chi connectivity index (χ0v) is 14.7. The summed E-state index contributed by atoms with van der Waals surface area (Å²) >= 11 is 0. The van der Waals surface area contributed by atoms with Crippen molar-refractivity contribution in [3.8, 4) is 0 Å². The molecule has 0 spiro atoms. The van der Waals surface area contributed by atoms with Crippen molar-refractivity contribution in [2.24, 2.45) is 16.8 Å². The van der Waals surface area contributed by atoms with E-state index in [2.05, 4.69) is 36.0 Å². The molecule has 22 heavy (non-hydrogen) atoms. The Morgan fingerprint density at radius 3 is 2.77 bits per heavy atom. The van der Waals surface area contributed by atoms with Gasteiger partial charge >= 0.3 is 0 Å². The first-order chi connectivity index (χ1) is 10.7. The fraction of sp³-hybridized carbons (Fsp3) is 0.941. The van der Waals surface area contributed by atoms with E-state index < -0.39 is 0 Å². The Morgan fingerprint density at radius 2 is 2.05 bits per heavy atom. The highest BCUT2D eigenvalue weighted by molar-refractivity contribution is 5.80. The minimum Gasteiger partial charge on any atom is -0.381 e. The fourth-order valence-corrected chi connectivity index (χ4v) is 3.51. The summed E-state index contributed by atoms with van der Waals surface area (Å²) in [6.07, 6.45) is 3.85. The largest absolute Gasteiger partial charge is 0.381 e. The van der Waals surface area contributed by atoms with E-state index in [1.807, 2.05) is 0 Å². The zero-order chi connectivity index (χ0) is 15.8. The van der Waals surface area contributed by atoms with E-state index in [4.69, 9.17) is 9.73 Å². The Bertz CT molecular complexity index is 348. The Morgan fingerprint density at radius 1 is 1.18 bits per heavy atom. The Kier molecular flexibility index (Phi) is 7.46. The SMILES string of the molecule is CCNC(=NCC1CCCN(C)C1)N1CCC(COCC)C1. The van der Waals surface area contributed by atoms with E-state index in [1.54, 1.807) is 0 Å². The van der Waals surface area contributed by atoms with Gasteiger partial charge in [-0.25, -0.2) is 0 Å². The van der Waals surface area contributed by atoms with Gasteiger partial charge in [-0.1, -0.05) is 0 Å². The predicted molar refractivity (Wildman–Crippen MR) is 92.4 cm³/mol. The van der Waals surface area contributed by atoms with Crippen molar-refractivity contribution in [1.82, 2.24) is 15.1 Å². The van der Waals surface area contributed by atoms with E-state index in [0.29, 0.717) is 11.8 Å². The molecule has 128 valence electrons. The van der Waals surface area contributed by atoms with Crippen LogP contribution in [0.2, 0.25) is 0 Å². The van der Waals surface area contributed by atoms with Gasteiger partial charge in [0.15, 0.2) is 5.96 Å². The number of piperidine rings is 1. The second-order valence-electron chi connectivity index (χ2n) is 6.73. The molecule has 0 radical (unpaired) electrons. The molecule has 5 nitrogen and oxygen atoms in total. The van der Waals surface area contributed by atoms with Gasteiger partial charge in [-0.05, 0) is 52.6 Å². The van der Waals surface area contributed by atoms with Crippen LogP contribution in [0.15, 0.2) is 4.99 Å².